The summed E-state index contributed by atoms with van der Waals surface area (Å²) < 4.78 is 20.1. The van der Waals surface area contributed by atoms with Crippen molar-refractivity contribution in [3.63, 3.8) is 0 Å². The molecule has 22 heavy (non-hydrogen) atoms. The van der Waals surface area contributed by atoms with Crippen molar-refractivity contribution in [2.75, 3.05) is 11.9 Å². The number of rotatable bonds is 5. The average molecular weight is 306 g/mol. The van der Waals surface area contributed by atoms with E-state index in [1.165, 1.54) is 0 Å². The van der Waals surface area contributed by atoms with Gasteiger partial charge in [-0.3, -0.25) is 10.3 Å². The minimum absolute atomic E-state index is 0.0811. The lowest BCUT2D eigenvalue weighted by atomic mass is 10.3. The Morgan fingerprint density at radius 1 is 1.64 bits per heavy atom. The predicted octanol–water partition coefficient (Wildman–Crippen LogP) is 1.91. The highest BCUT2D eigenvalue weighted by molar-refractivity contribution is 5.83. The molecular weight excluding hydrogens is 291 g/mol. The van der Waals surface area contributed by atoms with Gasteiger partial charge in [-0.25, -0.2) is 14.0 Å². The Morgan fingerprint density at radius 2 is 2.41 bits per heavy atom. The van der Waals surface area contributed by atoms with Gasteiger partial charge in [-0.15, -0.1) is 0 Å². The minimum Gasteiger partial charge on any atom is -0.447 e. The Hall–Kier alpha value is -2.90. The number of aromatic amines is 1. The summed E-state index contributed by atoms with van der Waals surface area (Å²) in [7, 11) is 0. The van der Waals surface area contributed by atoms with Crippen LogP contribution in [0.5, 0.6) is 0 Å². The molecule has 0 atom stereocenters. The molecule has 0 bridgehead atoms. The van der Waals surface area contributed by atoms with Gasteiger partial charge >= 0.3 is 11.8 Å². The highest BCUT2D eigenvalue weighted by atomic mass is 19.1. The summed E-state index contributed by atoms with van der Waals surface area (Å²) in [4.78, 5) is 27.8. The molecule has 2 heterocycles. The number of ether oxygens (including phenoxy) is 1. The largest absolute Gasteiger partial charge is 0.447 e. The van der Waals surface area contributed by atoms with E-state index in [-0.39, 0.29) is 12.4 Å². The van der Waals surface area contributed by atoms with E-state index in [9.17, 15) is 14.0 Å². The molecule has 0 saturated heterocycles. The Bertz CT molecular complexity index is 751. The van der Waals surface area contributed by atoms with Gasteiger partial charge in [0.05, 0.1) is 12.7 Å². The molecule has 0 aromatic carbocycles. The van der Waals surface area contributed by atoms with Crippen molar-refractivity contribution in [1.82, 2.24) is 14.5 Å². The van der Waals surface area contributed by atoms with Crippen LogP contribution in [0.3, 0.4) is 0 Å². The molecule has 0 radical (unpaired) electrons. The molecule has 2 aromatic rings. The van der Waals surface area contributed by atoms with E-state index in [4.69, 9.17) is 4.74 Å². The molecule has 0 aliphatic carbocycles. The van der Waals surface area contributed by atoms with Crippen molar-refractivity contribution in [2.24, 2.45) is 0 Å². The molecule has 0 spiro atoms. The fourth-order valence-electron chi connectivity index (χ4n) is 1.91. The van der Waals surface area contributed by atoms with Crippen LogP contribution in [-0.4, -0.2) is 27.2 Å². The maximum Gasteiger partial charge on any atom is 0.412 e. The lowest BCUT2D eigenvalue weighted by molar-refractivity contribution is 0.157. The number of nitrogens with one attached hydrogen (secondary N) is 2. The number of carbonyl (C=O) groups excluding carboxylic acids is 1. The topological polar surface area (TPSA) is 89.0 Å². The van der Waals surface area contributed by atoms with Crippen molar-refractivity contribution in [3.05, 3.63) is 52.6 Å². The lowest BCUT2D eigenvalue weighted by Crippen LogP contribution is -2.21. The van der Waals surface area contributed by atoms with E-state index in [0.717, 1.165) is 11.3 Å². The summed E-state index contributed by atoms with van der Waals surface area (Å²) in [6.45, 7) is 6.18. The van der Waals surface area contributed by atoms with Crippen LogP contribution in [0, 0.1) is 12.7 Å². The first-order valence-corrected chi connectivity index (χ1v) is 6.48. The number of amides is 1. The maximum absolute atomic E-state index is 13.3. The molecule has 0 aliphatic rings. The fourth-order valence-corrected chi connectivity index (χ4v) is 1.91. The molecule has 0 fully saturated rings. The zero-order valence-electron chi connectivity index (χ0n) is 11.9. The molecule has 2 N–H and O–H groups in total. The number of H-pyrrole nitrogens is 1. The van der Waals surface area contributed by atoms with Crippen molar-refractivity contribution < 1.29 is 13.9 Å². The van der Waals surface area contributed by atoms with Gasteiger partial charge in [-0.1, -0.05) is 6.58 Å². The molecule has 0 unspecified atom stereocenters. The minimum atomic E-state index is -0.871. The molecule has 7 nitrogen and oxygen atoms in total. The quantitative estimate of drug-likeness (QED) is 0.883. The van der Waals surface area contributed by atoms with Crippen LogP contribution in [0.4, 0.5) is 15.0 Å². The number of halogens is 1. The van der Waals surface area contributed by atoms with Crippen LogP contribution in [0.1, 0.15) is 11.3 Å². The Kier molecular flexibility index (Phi) is 4.72. The van der Waals surface area contributed by atoms with Crippen molar-refractivity contribution in [3.8, 4) is 0 Å². The first kappa shape index (κ1) is 15.5. The second-order valence-electron chi connectivity index (χ2n) is 4.45. The van der Waals surface area contributed by atoms with E-state index in [1.54, 1.807) is 6.08 Å². The number of aryl methyl sites for hydroxylation is 1. The average Bonchev–Trinajstić information content (AvgIpc) is 2.83. The van der Waals surface area contributed by atoms with Crippen LogP contribution < -0.4 is 11.0 Å². The van der Waals surface area contributed by atoms with Gasteiger partial charge < -0.3 is 9.30 Å². The fraction of sp³-hybridized carbons (Fsp3) is 0.214. The lowest BCUT2D eigenvalue weighted by Gasteiger charge is -2.09. The number of hydrogen-bond donors (Lipinski definition) is 2. The van der Waals surface area contributed by atoms with Crippen molar-refractivity contribution >= 4 is 18.0 Å². The molecule has 2 aromatic heterocycles. The molecule has 0 aliphatic heterocycles. The van der Waals surface area contributed by atoms with Crippen LogP contribution >= 0.6 is 0 Å². The predicted molar refractivity (Wildman–Crippen MR) is 79.0 cm³/mol. The van der Waals surface area contributed by atoms with Gasteiger partial charge in [0.15, 0.2) is 11.6 Å². The smallest absolute Gasteiger partial charge is 0.412 e. The third kappa shape index (κ3) is 3.60. The van der Waals surface area contributed by atoms with Gasteiger partial charge in [0, 0.05) is 11.9 Å². The third-order valence-electron chi connectivity index (χ3n) is 2.97. The highest BCUT2D eigenvalue weighted by Crippen LogP contribution is 2.11. The number of nitrogens with zero attached hydrogens (tertiary/aromatic N) is 2. The first-order chi connectivity index (χ1) is 10.5. The van der Waals surface area contributed by atoms with Crippen molar-refractivity contribution in [2.45, 2.75) is 13.5 Å². The van der Waals surface area contributed by atoms with Gasteiger partial charge in [0.1, 0.15) is 6.61 Å². The number of carbonyl (C=O) groups is 1. The number of anilines is 1. The molecule has 116 valence electrons. The second-order valence-corrected chi connectivity index (χ2v) is 4.45. The number of hydrogen-bond acceptors (Lipinski definition) is 4. The SMILES string of the molecule is C=Cc1c(C)ccn1CCOC(=O)Nc1[nH]c(=O)ncc1F. The van der Waals surface area contributed by atoms with Crippen LogP contribution in [-0.2, 0) is 11.3 Å². The highest BCUT2D eigenvalue weighted by Gasteiger charge is 2.09. The summed E-state index contributed by atoms with van der Waals surface area (Å²) >= 11 is 0. The summed E-state index contributed by atoms with van der Waals surface area (Å²) in [6, 6.07) is 1.92. The van der Waals surface area contributed by atoms with E-state index in [0.29, 0.717) is 12.7 Å². The summed E-state index contributed by atoms with van der Waals surface area (Å²) in [5.41, 5.74) is 1.24. The molecule has 1 amide bonds. The second kappa shape index (κ2) is 6.70. The van der Waals surface area contributed by atoms with Gasteiger partial charge in [-0.05, 0) is 24.6 Å². The number of aromatic nitrogens is 3. The van der Waals surface area contributed by atoms with E-state index in [1.807, 2.05) is 23.8 Å². The Balaban J connectivity index is 1.89. The van der Waals surface area contributed by atoms with Crippen LogP contribution in [0.15, 0.2) is 29.8 Å². The molecule has 0 saturated carbocycles. The maximum atomic E-state index is 13.3. The zero-order chi connectivity index (χ0) is 16.1. The molecule has 2 rings (SSSR count). The van der Waals surface area contributed by atoms with Gasteiger partial charge in [0.25, 0.3) is 0 Å². The van der Waals surface area contributed by atoms with Gasteiger partial charge in [0.2, 0.25) is 0 Å². The Morgan fingerprint density at radius 3 is 3.14 bits per heavy atom. The van der Waals surface area contributed by atoms with E-state index < -0.39 is 17.6 Å². The summed E-state index contributed by atoms with van der Waals surface area (Å²) in [5.74, 6) is -1.24. The molecular formula is C14H15FN4O3. The van der Waals surface area contributed by atoms with Gasteiger partial charge in [-0.2, -0.15) is 4.98 Å². The normalized spacial score (nSPS) is 10.3. The first-order valence-electron chi connectivity index (χ1n) is 6.48. The third-order valence-corrected chi connectivity index (χ3v) is 2.97. The van der Waals surface area contributed by atoms with Crippen LogP contribution in [0.2, 0.25) is 0 Å². The summed E-state index contributed by atoms with van der Waals surface area (Å²) in [5, 5.41) is 2.11. The van der Waals surface area contributed by atoms with E-state index >= 15 is 0 Å². The van der Waals surface area contributed by atoms with E-state index in [2.05, 4.69) is 21.9 Å². The standard InChI is InChI=1S/C14H15FN4O3/c1-3-11-9(2)4-5-19(11)6-7-22-14(21)18-12-10(15)8-16-13(20)17-12/h3-5,8H,1,6-7H2,2H3,(H2,16,17,18,20,21). The van der Waals surface area contributed by atoms with Crippen molar-refractivity contribution in [1.29, 1.82) is 0 Å². The van der Waals surface area contributed by atoms with Crippen LogP contribution in [0.25, 0.3) is 6.08 Å². The molecule has 8 heteroatoms. The summed E-state index contributed by atoms with van der Waals surface area (Å²) in [6.07, 6.45) is 3.41. The zero-order valence-corrected chi connectivity index (χ0v) is 11.9. The monoisotopic (exact) mass is 306 g/mol. The Labute approximate surface area is 125 Å².